The van der Waals surface area contributed by atoms with Crippen LogP contribution in [-0.2, 0) is 11.7 Å². The van der Waals surface area contributed by atoms with Gasteiger partial charge in [0, 0.05) is 12.1 Å². The van der Waals surface area contributed by atoms with Gasteiger partial charge in [-0.3, -0.25) is 4.79 Å². The number of hydrogen-bond acceptors (Lipinski definition) is 4. The van der Waals surface area contributed by atoms with E-state index in [-0.39, 0.29) is 27.3 Å². The Kier molecular flexibility index (Phi) is 6.61. The number of amides is 1. The molecule has 12 heteroatoms. The van der Waals surface area contributed by atoms with Crippen molar-refractivity contribution in [3.63, 3.8) is 0 Å². The maximum Gasteiger partial charge on any atom is 0.417 e. The topological polar surface area (TPSA) is 61.9 Å². The molecule has 1 aliphatic rings. The number of likely N-dealkylation sites (tertiary alicyclic amines) is 1. The summed E-state index contributed by atoms with van der Waals surface area (Å²) < 4.78 is 68.7. The van der Waals surface area contributed by atoms with Gasteiger partial charge in [-0.15, -0.1) is 11.3 Å². The van der Waals surface area contributed by atoms with Gasteiger partial charge in [0.2, 0.25) is 0 Å². The van der Waals surface area contributed by atoms with Crippen molar-refractivity contribution in [3.8, 4) is 21.0 Å². The van der Waals surface area contributed by atoms with Crippen LogP contribution in [-0.4, -0.2) is 32.3 Å². The zero-order valence-corrected chi connectivity index (χ0v) is 22.9. The van der Waals surface area contributed by atoms with Crippen molar-refractivity contribution >= 4 is 39.9 Å². The van der Waals surface area contributed by atoms with Gasteiger partial charge in [0.1, 0.15) is 28.2 Å². The number of hydrogen-bond donors (Lipinski definition) is 1. The van der Waals surface area contributed by atoms with Gasteiger partial charge in [0.05, 0.1) is 32.0 Å². The Morgan fingerprint density at radius 2 is 1.80 bits per heavy atom. The number of aromatic nitrogens is 3. The lowest BCUT2D eigenvalue weighted by atomic mass is 9.97. The normalized spacial score (nSPS) is 17.5. The third kappa shape index (κ3) is 4.76. The van der Waals surface area contributed by atoms with E-state index in [1.165, 1.54) is 30.3 Å². The average Bonchev–Trinajstić information content (AvgIpc) is 3.65. The molecule has 6 rings (SSSR count). The summed E-state index contributed by atoms with van der Waals surface area (Å²) in [5.74, 6) is -1.11. The van der Waals surface area contributed by atoms with Crippen LogP contribution in [0, 0.1) is 11.6 Å². The summed E-state index contributed by atoms with van der Waals surface area (Å²) in [6.45, 7) is 2.11. The molecule has 0 radical (unpaired) electrons. The minimum Gasteiger partial charge on any atom is -0.340 e. The molecule has 1 atom stereocenters. The van der Waals surface area contributed by atoms with Gasteiger partial charge in [-0.1, -0.05) is 35.9 Å². The van der Waals surface area contributed by atoms with Gasteiger partial charge >= 0.3 is 6.18 Å². The number of rotatable bonds is 4. The van der Waals surface area contributed by atoms with Crippen molar-refractivity contribution in [2.75, 3.05) is 6.54 Å². The summed E-state index contributed by atoms with van der Waals surface area (Å²) in [6, 6.07) is 13.7. The van der Waals surface area contributed by atoms with E-state index in [2.05, 4.69) is 15.0 Å². The predicted octanol–water partition coefficient (Wildman–Crippen LogP) is 8.46. The predicted molar refractivity (Wildman–Crippen MR) is 147 cm³/mol. The van der Waals surface area contributed by atoms with Crippen LogP contribution < -0.4 is 0 Å². The first kappa shape index (κ1) is 27.3. The summed E-state index contributed by atoms with van der Waals surface area (Å²) in [7, 11) is 0. The molecule has 3 aromatic carbocycles. The quantitative estimate of drug-likeness (QED) is 0.210. The maximum atomic E-state index is 14.7. The first-order valence-corrected chi connectivity index (χ1v) is 13.8. The molecule has 2 aromatic heterocycles. The molecule has 3 heterocycles. The number of alkyl halides is 3. The van der Waals surface area contributed by atoms with Crippen LogP contribution in [0.2, 0.25) is 5.02 Å². The Hall–Kier alpha value is -3.83. The standard InChI is InChI=1S/C29H20ClF5N4OS/c1-28(27-36-21-13-18(29(33,34)35)19(30)14-22(21)37-27)11-4-12-39(28)26(40)23-24(15-7-9-16(31)10-8-15)41-25(38-23)17-5-2-3-6-20(17)32/h2-3,5-10,13-14H,4,11-12H2,1H3,(H,36,37). The Labute approximate surface area is 239 Å². The SMILES string of the molecule is CC1(c2nc3cc(Cl)c(C(F)(F)F)cc3[nH]2)CCCN1C(=O)c1nc(-c2ccccc2F)sc1-c1ccc(F)cc1. The largest absolute Gasteiger partial charge is 0.417 e. The van der Waals surface area contributed by atoms with Gasteiger partial charge in [-0.2, -0.15) is 13.2 Å². The molecule has 210 valence electrons. The Balaban J connectivity index is 1.44. The van der Waals surface area contributed by atoms with Crippen LogP contribution >= 0.6 is 22.9 Å². The maximum absolute atomic E-state index is 14.7. The smallest absolute Gasteiger partial charge is 0.340 e. The molecule has 0 saturated carbocycles. The summed E-state index contributed by atoms with van der Waals surface area (Å²) in [5, 5.41) is -0.190. The highest BCUT2D eigenvalue weighted by Gasteiger charge is 2.45. The number of thiazole rings is 1. The number of aromatic amines is 1. The van der Waals surface area contributed by atoms with Crippen molar-refractivity contribution in [2.45, 2.75) is 31.5 Å². The highest BCUT2D eigenvalue weighted by atomic mass is 35.5. The molecule has 41 heavy (non-hydrogen) atoms. The van der Waals surface area contributed by atoms with Crippen molar-refractivity contribution < 1.29 is 26.7 Å². The van der Waals surface area contributed by atoms with E-state index in [0.29, 0.717) is 35.7 Å². The van der Waals surface area contributed by atoms with Gasteiger partial charge < -0.3 is 9.88 Å². The number of benzene rings is 3. The minimum absolute atomic E-state index is 0.0616. The molecular weight excluding hydrogens is 583 g/mol. The Morgan fingerprint density at radius 1 is 1.07 bits per heavy atom. The third-order valence-electron chi connectivity index (χ3n) is 7.31. The first-order valence-electron chi connectivity index (χ1n) is 12.6. The van der Waals surface area contributed by atoms with Crippen molar-refractivity contribution in [1.82, 2.24) is 19.9 Å². The van der Waals surface area contributed by atoms with Crippen LogP contribution in [0.25, 0.3) is 32.0 Å². The lowest BCUT2D eigenvalue weighted by Crippen LogP contribution is -2.44. The van der Waals surface area contributed by atoms with E-state index in [0.717, 1.165) is 23.5 Å². The summed E-state index contributed by atoms with van der Waals surface area (Å²) in [5.41, 5.74) is -0.804. The molecule has 1 unspecified atom stereocenters. The van der Waals surface area contributed by atoms with Crippen LogP contribution in [0.3, 0.4) is 0 Å². The summed E-state index contributed by atoms with van der Waals surface area (Å²) in [4.78, 5) is 28.2. The molecule has 0 aliphatic carbocycles. The monoisotopic (exact) mass is 602 g/mol. The van der Waals surface area contributed by atoms with Crippen molar-refractivity contribution in [3.05, 3.63) is 94.4 Å². The van der Waals surface area contributed by atoms with Crippen LogP contribution in [0.1, 0.15) is 41.6 Å². The number of halogens is 6. The fourth-order valence-electron chi connectivity index (χ4n) is 5.18. The summed E-state index contributed by atoms with van der Waals surface area (Å²) >= 11 is 7.02. The molecule has 5 nitrogen and oxygen atoms in total. The highest BCUT2D eigenvalue weighted by molar-refractivity contribution is 7.18. The second-order valence-corrected chi connectivity index (χ2v) is 11.4. The van der Waals surface area contributed by atoms with Gasteiger partial charge in [-0.05, 0) is 61.7 Å². The van der Waals surface area contributed by atoms with Crippen LogP contribution in [0.15, 0.2) is 60.7 Å². The molecule has 1 aliphatic heterocycles. The lowest BCUT2D eigenvalue weighted by molar-refractivity contribution is -0.137. The molecule has 1 saturated heterocycles. The second-order valence-electron chi connectivity index (χ2n) is 9.95. The zero-order valence-electron chi connectivity index (χ0n) is 21.3. The number of carbonyl (C=O) groups excluding carboxylic acids is 1. The lowest BCUT2D eigenvalue weighted by Gasteiger charge is -2.33. The van der Waals surface area contributed by atoms with E-state index >= 15 is 0 Å². The molecule has 0 bridgehead atoms. The van der Waals surface area contributed by atoms with E-state index < -0.39 is 39.8 Å². The molecule has 1 N–H and O–H groups in total. The van der Waals surface area contributed by atoms with E-state index in [4.69, 9.17) is 11.6 Å². The minimum atomic E-state index is -4.65. The second kappa shape index (κ2) is 9.92. The Morgan fingerprint density at radius 3 is 2.51 bits per heavy atom. The summed E-state index contributed by atoms with van der Waals surface area (Å²) in [6.07, 6.45) is -3.56. The number of fused-ring (bicyclic) bond motifs is 1. The van der Waals surface area contributed by atoms with Gasteiger partial charge in [-0.25, -0.2) is 18.7 Å². The average molecular weight is 603 g/mol. The number of imidazole rings is 1. The van der Waals surface area contributed by atoms with Crippen LogP contribution in [0.5, 0.6) is 0 Å². The highest BCUT2D eigenvalue weighted by Crippen LogP contribution is 2.43. The number of carbonyl (C=O) groups is 1. The molecular formula is C29H20ClF5N4OS. The van der Waals surface area contributed by atoms with Crippen molar-refractivity contribution in [1.29, 1.82) is 0 Å². The van der Waals surface area contributed by atoms with E-state index in [1.807, 2.05) is 0 Å². The molecule has 5 aromatic rings. The van der Waals surface area contributed by atoms with Crippen LogP contribution in [0.4, 0.5) is 22.0 Å². The fourth-order valence-corrected chi connectivity index (χ4v) is 6.53. The number of nitrogens with one attached hydrogen (secondary N) is 1. The number of H-pyrrole nitrogens is 1. The number of nitrogens with zero attached hydrogens (tertiary/aromatic N) is 3. The van der Waals surface area contributed by atoms with Gasteiger partial charge in [0.15, 0.2) is 0 Å². The molecule has 1 fully saturated rings. The van der Waals surface area contributed by atoms with E-state index in [1.54, 1.807) is 30.0 Å². The Bertz CT molecular complexity index is 1800. The molecule has 0 spiro atoms. The molecule has 1 amide bonds. The third-order valence-corrected chi connectivity index (χ3v) is 8.76. The zero-order chi connectivity index (χ0) is 29.1. The fraction of sp³-hybridized carbons (Fsp3) is 0.207. The first-order chi connectivity index (χ1) is 19.5. The van der Waals surface area contributed by atoms with Gasteiger partial charge in [0.25, 0.3) is 5.91 Å². The van der Waals surface area contributed by atoms with E-state index in [9.17, 15) is 26.7 Å². The van der Waals surface area contributed by atoms with Crippen molar-refractivity contribution in [2.24, 2.45) is 0 Å².